The van der Waals surface area contributed by atoms with Crippen molar-refractivity contribution in [3.8, 4) is 17.7 Å². The van der Waals surface area contributed by atoms with Gasteiger partial charge in [-0.1, -0.05) is 24.1 Å². The number of para-hydroxylation sites is 1. The number of carbonyl (C=O) groups excluding carboxylic acids is 2. The highest BCUT2D eigenvalue weighted by molar-refractivity contribution is 6.36. The van der Waals surface area contributed by atoms with Crippen LogP contribution < -0.4 is 9.64 Å². The molecule has 0 saturated carbocycles. The zero-order valence-corrected chi connectivity index (χ0v) is 15.2. The molecular formula is C21H20N2O4. The van der Waals surface area contributed by atoms with Gasteiger partial charge < -0.3 is 14.5 Å². The Morgan fingerprint density at radius 2 is 2.07 bits per heavy atom. The number of fused-ring (bicyclic) bond motifs is 1. The van der Waals surface area contributed by atoms with Gasteiger partial charge in [0.25, 0.3) is 5.91 Å². The van der Waals surface area contributed by atoms with Crippen molar-refractivity contribution >= 4 is 29.2 Å². The van der Waals surface area contributed by atoms with E-state index in [1.807, 2.05) is 24.3 Å². The lowest BCUT2D eigenvalue weighted by Gasteiger charge is -2.07. The molecule has 1 aliphatic heterocycles. The lowest BCUT2D eigenvalue weighted by molar-refractivity contribution is -0.140. The van der Waals surface area contributed by atoms with Crippen molar-refractivity contribution in [3.63, 3.8) is 0 Å². The van der Waals surface area contributed by atoms with Gasteiger partial charge in [0.2, 0.25) is 0 Å². The van der Waals surface area contributed by atoms with E-state index in [0.717, 1.165) is 16.9 Å². The van der Waals surface area contributed by atoms with Crippen LogP contribution in [0.1, 0.15) is 30.5 Å². The van der Waals surface area contributed by atoms with Gasteiger partial charge in [0.15, 0.2) is 0 Å². The highest BCUT2D eigenvalue weighted by atomic mass is 16.5. The minimum Gasteiger partial charge on any atom is -0.495 e. The summed E-state index contributed by atoms with van der Waals surface area (Å²) >= 11 is 0. The average Bonchev–Trinajstić information content (AvgIpc) is 3.25. The molecule has 0 radical (unpaired) electrons. The second-order valence-corrected chi connectivity index (χ2v) is 5.89. The fourth-order valence-electron chi connectivity index (χ4n) is 2.85. The van der Waals surface area contributed by atoms with E-state index < -0.39 is 0 Å². The Balaban J connectivity index is 1.84. The van der Waals surface area contributed by atoms with Crippen LogP contribution in [0, 0.1) is 12.0 Å². The van der Waals surface area contributed by atoms with Crippen LogP contribution in [0.15, 0.2) is 36.5 Å². The number of aromatic amines is 1. The Bertz CT molecular complexity index is 946. The van der Waals surface area contributed by atoms with Crippen molar-refractivity contribution < 1.29 is 19.1 Å². The van der Waals surface area contributed by atoms with Crippen molar-refractivity contribution in [1.82, 2.24) is 4.98 Å². The number of amides is 1. The van der Waals surface area contributed by atoms with Crippen LogP contribution in [-0.2, 0) is 14.3 Å². The number of nitrogens with one attached hydrogen (secondary N) is 1. The number of unbranched alkanes of at least 4 members (excludes halogenated alkanes) is 1. The summed E-state index contributed by atoms with van der Waals surface area (Å²) in [6, 6.07) is 12.2. The van der Waals surface area contributed by atoms with Gasteiger partial charge in [-0.25, -0.2) is 4.90 Å². The first-order valence-corrected chi connectivity index (χ1v) is 8.58. The predicted molar refractivity (Wildman–Crippen MR) is 103 cm³/mol. The summed E-state index contributed by atoms with van der Waals surface area (Å²) in [4.78, 5) is 28.6. The second-order valence-electron chi connectivity index (χ2n) is 5.89. The predicted octanol–water partition coefficient (Wildman–Crippen LogP) is 3.21. The zero-order valence-electron chi connectivity index (χ0n) is 15.2. The molecule has 138 valence electrons. The van der Waals surface area contributed by atoms with E-state index in [0.29, 0.717) is 30.6 Å². The monoisotopic (exact) mass is 364 g/mol. The van der Waals surface area contributed by atoms with Gasteiger partial charge in [0, 0.05) is 30.6 Å². The molecule has 1 aliphatic rings. The highest BCUT2D eigenvalue weighted by Gasteiger charge is 2.31. The van der Waals surface area contributed by atoms with E-state index in [-0.39, 0.29) is 11.9 Å². The van der Waals surface area contributed by atoms with Crippen molar-refractivity contribution in [3.05, 3.63) is 47.8 Å². The lowest BCUT2D eigenvalue weighted by atomic mass is 10.1. The first-order valence-electron chi connectivity index (χ1n) is 8.58. The quantitative estimate of drug-likeness (QED) is 0.383. The number of anilines is 1. The van der Waals surface area contributed by atoms with Crippen LogP contribution in [0.25, 0.3) is 11.6 Å². The molecule has 1 aromatic heterocycles. The third-order valence-electron chi connectivity index (χ3n) is 4.22. The molecule has 27 heavy (non-hydrogen) atoms. The van der Waals surface area contributed by atoms with Gasteiger partial charge in [-0.3, -0.25) is 9.59 Å². The molecule has 1 amide bonds. The molecule has 6 heteroatoms. The van der Waals surface area contributed by atoms with Crippen LogP contribution in [0.3, 0.4) is 0 Å². The Morgan fingerprint density at radius 3 is 2.85 bits per heavy atom. The number of H-pyrrole nitrogens is 1. The molecular weight excluding hydrogens is 344 g/mol. The lowest BCUT2D eigenvalue weighted by Crippen LogP contribution is -2.20. The minimum atomic E-state index is -0.260. The van der Waals surface area contributed by atoms with E-state index in [2.05, 4.69) is 21.7 Å². The maximum absolute atomic E-state index is 12.9. The van der Waals surface area contributed by atoms with Gasteiger partial charge in [-0.05, 0) is 24.6 Å². The molecule has 0 aliphatic carbocycles. The molecule has 3 rings (SSSR count). The van der Waals surface area contributed by atoms with Gasteiger partial charge in [0.1, 0.15) is 5.75 Å². The van der Waals surface area contributed by atoms with Gasteiger partial charge >= 0.3 is 5.97 Å². The summed E-state index contributed by atoms with van der Waals surface area (Å²) in [5, 5.41) is 0. The number of carbonyl (C=O) groups is 2. The first-order chi connectivity index (χ1) is 13.2. The Labute approximate surface area is 157 Å². The van der Waals surface area contributed by atoms with E-state index in [9.17, 15) is 9.59 Å². The summed E-state index contributed by atoms with van der Waals surface area (Å²) in [6.07, 6.45) is 4.94. The molecule has 2 heterocycles. The number of rotatable bonds is 5. The van der Waals surface area contributed by atoms with Crippen LogP contribution in [-0.4, -0.2) is 31.1 Å². The SMILES string of the molecule is COC(=O)CCCC#CN1C(=O)C(=Cc2[nH]ccc2OC)c2ccccc21. The number of nitrogens with zero attached hydrogens (tertiary/aromatic N) is 1. The third-order valence-corrected chi connectivity index (χ3v) is 4.22. The number of esters is 1. The third kappa shape index (κ3) is 3.87. The first kappa shape index (κ1) is 18.3. The van der Waals surface area contributed by atoms with Gasteiger partial charge in [0.05, 0.1) is 31.2 Å². The maximum atomic E-state index is 12.9. The van der Waals surface area contributed by atoms with Crippen LogP contribution in [0.5, 0.6) is 5.75 Å². The normalized spacial score (nSPS) is 13.9. The Kier molecular flexibility index (Phi) is 5.62. The summed E-state index contributed by atoms with van der Waals surface area (Å²) in [7, 11) is 2.95. The zero-order chi connectivity index (χ0) is 19.2. The second kappa shape index (κ2) is 8.28. The summed E-state index contributed by atoms with van der Waals surface area (Å²) in [6.45, 7) is 0. The Morgan fingerprint density at radius 1 is 1.26 bits per heavy atom. The van der Waals surface area contributed by atoms with E-state index in [4.69, 9.17) is 4.74 Å². The largest absolute Gasteiger partial charge is 0.495 e. The summed E-state index contributed by atoms with van der Waals surface area (Å²) in [5.41, 5.74) is 2.85. The van der Waals surface area contributed by atoms with Gasteiger partial charge in [-0.15, -0.1) is 0 Å². The average molecular weight is 364 g/mol. The molecule has 0 unspecified atom stereocenters. The molecule has 0 saturated heterocycles. The molecule has 0 atom stereocenters. The van der Waals surface area contributed by atoms with E-state index >= 15 is 0 Å². The molecule has 1 aromatic carbocycles. The van der Waals surface area contributed by atoms with Crippen molar-refractivity contribution in [1.29, 1.82) is 0 Å². The molecule has 1 N–H and O–H groups in total. The summed E-state index contributed by atoms with van der Waals surface area (Å²) in [5.74, 6) is 3.19. The smallest absolute Gasteiger partial charge is 0.305 e. The van der Waals surface area contributed by atoms with Crippen molar-refractivity contribution in [2.24, 2.45) is 0 Å². The van der Waals surface area contributed by atoms with Crippen molar-refractivity contribution in [2.75, 3.05) is 19.1 Å². The number of hydrogen-bond acceptors (Lipinski definition) is 4. The summed E-state index contributed by atoms with van der Waals surface area (Å²) < 4.78 is 9.90. The molecule has 0 spiro atoms. The minimum absolute atomic E-state index is 0.187. The number of aromatic nitrogens is 1. The number of benzene rings is 1. The topological polar surface area (TPSA) is 71.6 Å². The van der Waals surface area contributed by atoms with Crippen LogP contribution in [0.2, 0.25) is 0 Å². The maximum Gasteiger partial charge on any atom is 0.305 e. The van der Waals surface area contributed by atoms with E-state index in [1.165, 1.54) is 12.0 Å². The number of hydrogen-bond donors (Lipinski definition) is 1. The fourth-order valence-corrected chi connectivity index (χ4v) is 2.85. The molecule has 0 bridgehead atoms. The van der Waals surface area contributed by atoms with Gasteiger partial charge in [-0.2, -0.15) is 0 Å². The molecule has 2 aromatic rings. The standard InChI is InChI=1S/C21H20N2O4/c1-26-19-11-12-22-17(19)14-16-15-8-5-6-9-18(15)23(21(16)25)13-7-3-4-10-20(24)27-2/h5-6,8-9,11-12,14,22H,3-4,10H2,1-2H3. The number of methoxy groups -OCH3 is 2. The molecule has 6 nitrogen and oxygen atoms in total. The van der Waals surface area contributed by atoms with Crippen molar-refractivity contribution in [2.45, 2.75) is 19.3 Å². The van der Waals surface area contributed by atoms with E-state index in [1.54, 1.807) is 25.4 Å². The molecule has 0 fully saturated rings. The van der Waals surface area contributed by atoms with Crippen LogP contribution >= 0.6 is 0 Å². The fraction of sp³-hybridized carbons (Fsp3) is 0.238. The number of ether oxygens (including phenoxy) is 2. The van der Waals surface area contributed by atoms with Crippen LogP contribution in [0.4, 0.5) is 5.69 Å². The highest BCUT2D eigenvalue weighted by Crippen LogP contribution is 2.37. The Hall–Kier alpha value is -3.46.